The summed E-state index contributed by atoms with van der Waals surface area (Å²) < 4.78 is 3.57. The number of aryl methyl sites for hydroxylation is 1. The van der Waals surface area contributed by atoms with Crippen LogP contribution in [0.15, 0.2) is 61.4 Å². The van der Waals surface area contributed by atoms with Crippen molar-refractivity contribution in [3.8, 4) is 0 Å². The highest BCUT2D eigenvalue weighted by atomic mass is 16.2. The topological polar surface area (TPSA) is 97.4 Å². The van der Waals surface area contributed by atoms with Crippen LogP contribution in [0, 0.1) is 5.92 Å². The number of hydrogen-bond acceptors (Lipinski definition) is 5. The Hall–Kier alpha value is -4.01. The van der Waals surface area contributed by atoms with Crippen LogP contribution in [0.5, 0.6) is 0 Å². The van der Waals surface area contributed by atoms with Gasteiger partial charge in [-0.2, -0.15) is 5.10 Å². The molecule has 9 nitrogen and oxygen atoms in total. The fraction of sp³-hybridized carbons (Fsp3) is 0.320. The standard InChI is InChI=1S/C25H27N7O2/c1-30-16-20(14-28-30)24(33)29-21-6-2-5-19(13-21)25(34)31-9-3-4-18(7-10-31)12-22-17-32-11-8-26-23(32)15-27-22/h2,5-6,8,11,13-18H,3-4,7,9-10,12H2,1H3,(H,29,33)/t18-/m1/s1. The number of amides is 2. The van der Waals surface area contributed by atoms with Crippen molar-refractivity contribution in [3.63, 3.8) is 0 Å². The van der Waals surface area contributed by atoms with Gasteiger partial charge in [0.2, 0.25) is 0 Å². The van der Waals surface area contributed by atoms with Gasteiger partial charge >= 0.3 is 0 Å². The smallest absolute Gasteiger partial charge is 0.258 e. The Morgan fingerprint density at radius 1 is 1.09 bits per heavy atom. The Kier molecular flexibility index (Phi) is 6.07. The van der Waals surface area contributed by atoms with Gasteiger partial charge in [0, 0.05) is 56.2 Å². The SMILES string of the molecule is Cn1cc(C(=O)Nc2cccc(C(=O)N3CCC[C@@H](Cc4cn5ccnc5cn4)CC3)c2)cn1. The maximum atomic E-state index is 13.2. The van der Waals surface area contributed by atoms with Crippen LogP contribution in [0.4, 0.5) is 5.69 Å². The Bertz CT molecular complexity index is 1330. The summed E-state index contributed by atoms with van der Waals surface area (Å²) in [4.78, 5) is 36.4. The molecule has 3 aromatic heterocycles. The fourth-order valence-corrected chi connectivity index (χ4v) is 4.50. The summed E-state index contributed by atoms with van der Waals surface area (Å²) in [5.41, 5.74) is 3.54. The number of imidazole rings is 1. The van der Waals surface area contributed by atoms with E-state index in [4.69, 9.17) is 0 Å². The van der Waals surface area contributed by atoms with E-state index in [0.717, 1.165) is 43.6 Å². The molecule has 0 saturated carbocycles. The van der Waals surface area contributed by atoms with Crippen molar-refractivity contribution in [2.24, 2.45) is 13.0 Å². The van der Waals surface area contributed by atoms with Gasteiger partial charge in [-0.05, 0) is 49.8 Å². The maximum Gasteiger partial charge on any atom is 0.258 e. The molecular formula is C25H27N7O2. The number of fused-ring (bicyclic) bond motifs is 1. The van der Waals surface area contributed by atoms with E-state index in [1.165, 1.54) is 6.20 Å². The Balaban J connectivity index is 1.21. The summed E-state index contributed by atoms with van der Waals surface area (Å²) >= 11 is 0. The van der Waals surface area contributed by atoms with E-state index >= 15 is 0 Å². The van der Waals surface area contributed by atoms with Gasteiger partial charge in [0.15, 0.2) is 5.65 Å². The first-order valence-corrected chi connectivity index (χ1v) is 11.5. The number of hydrogen-bond donors (Lipinski definition) is 1. The van der Waals surface area contributed by atoms with Gasteiger partial charge in [0.1, 0.15) is 0 Å². The highest BCUT2D eigenvalue weighted by Gasteiger charge is 2.22. The lowest BCUT2D eigenvalue weighted by Crippen LogP contribution is -2.32. The van der Waals surface area contributed by atoms with Crippen LogP contribution in [-0.4, -0.2) is 54.0 Å². The van der Waals surface area contributed by atoms with Crippen LogP contribution in [0.2, 0.25) is 0 Å². The first-order chi connectivity index (χ1) is 16.5. The lowest BCUT2D eigenvalue weighted by Gasteiger charge is -2.21. The molecule has 1 N–H and O–H groups in total. The first kappa shape index (κ1) is 21.8. The van der Waals surface area contributed by atoms with Gasteiger partial charge in [-0.25, -0.2) is 4.98 Å². The van der Waals surface area contributed by atoms with E-state index in [2.05, 4.69) is 20.4 Å². The number of nitrogens with one attached hydrogen (secondary N) is 1. The summed E-state index contributed by atoms with van der Waals surface area (Å²) in [6.07, 6.45) is 14.6. The van der Waals surface area contributed by atoms with Gasteiger partial charge in [0.05, 0.1) is 23.7 Å². The highest BCUT2D eigenvalue weighted by Crippen LogP contribution is 2.23. The molecule has 1 atom stereocenters. The molecule has 0 radical (unpaired) electrons. The molecule has 1 aromatic carbocycles. The largest absolute Gasteiger partial charge is 0.339 e. The molecular weight excluding hydrogens is 430 g/mol. The molecule has 0 aliphatic carbocycles. The number of likely N-dealkylation sites (tertiary alicyclic amines) is 1. The van der Waals surface area contributed by atoms with E-state index in [9.17, 15) is 9.59 Å². The molecule has 5 rings (SSSR count). The van der Waals surface area contributed by atoms with Crippen molar-refractivity contribution in [1.29, 1.82) is 0 Å². The van der Waals surface area contributed by atoms with Crippen LogP contribution in [0.1, 0.15) is 45.7 Å². The lowest BCUT2D eigenvalue weighted by molar-refractivity contribution is 0.0759. The van der Waals surface area contributed by atoms with Crippen molar-refractivity contribution < 1.29 is 9.59 Å². The van der Waals surface area contributed by atoms with Gasteiger partial charge in [0.25, 0.3) is 11.8 Å². The fourth-order valence-electron chi connectivity index (χ4n) is 4.50. The monoisotopic (exact) mass is 457 g/mol. The van der Waals surface area contributed by atoms with Gasteiger partial charge in [-0.3, -0.25) is 19.3 Å². The third kappa shape index (κ3) is 4.83. The molecule has 4 aromatic rings. The van der Waals surface area contributed by atoms with E-state index < -0.39 is 0 Å². The molecule has 2 amide bonds. The second kappa shape index (κ2) is 9.46. The molecule has 1 aliphatic rings. The van der Waals surface area contributed by atoms with Crippen molar-refractivity contribution in [3.05, 3.63) is 78.3 Å². The zero-order valence-electron chi connectivity index (χ0n) is 19.1. The molecule has 1 aliphatic heterocycles. The number of benzene rings is 1. The summed E-state index contributed by atoms with van der Waals surface area (Å²) in [6.45, 7) is 1.44. The van der Waals surface area contributed by atoms with Crippen LogP contribution in [-0.2, 0) is 13.5 Å². The van der Waals surface area contributed by atoms with Crippen molar-refractivity contribution >= 4 is 23.1 Å². The van der Waals surface area contributed by atoms with E-state index in [1.807, 2.05) is 27.9 Å². The minimum atomic E-state index is -0.252. The average Bonchev–Trinajstić information content (AvgIpc) is 3.42. The normalized spacial score (nSPS) is 16.4. The Labute approximate surface area is 197 Å². The third-order valence-corrected chi connectivity index (χ3v) is 6.30. The number of rotatable bonds is 5. The van der Waals surface area contributed by atoms with Crippen LogP contribution in [0.3, 0.4) is 0 Å². The minimum Gasteiger partial charge on any atom is -0.339 e. The molecule has 0 spiro atoms. The first-order valence-electron chi connectivity index (χ1n) is 11.5. The zero-order chi connectivity index (χ0) is 23.5. The molecule has 1 saturated heterocycles. The lowest BCUT2D eigenvalue weighted by atomic mass is 9.95. The quantitative estimate of drug-likeness (QED) is 0.496. The van der Waals surface area contributed by atoms with E-state index in [1.54, 1.807) is 48.4 Å². The van der Waals surface area contributed by atoms with Crippen LogP contribution >= 0.6 is 0 Å². The van der Waals surface area contributed by atoms with Crippen molar-refractivity contribution in [2.75, 3.05) is 18.4 Å². The molecule has 1 fully saturated rings. The summed E-state index contributed by atoms with van der Waals surface area (Å²) in [7, 11) is 1.76. The van der Waals surface area contributed by atoms with Crippen molar-refractivity contribution in [1.82, 2.24) is 29.0 Å². The summed E-state index contributed by atoms with van der Waals surface area (Å²) in [6, 6.07) is 7.12. The second-order valence-corrected chi connectivity index (χ2v) is 8.80. The average molecular weight is 458 g/mol. The second-order valence-electron chi connectivity index (χ2n) is 8.80. The number of aromatic nitrogens is 5. The van der Waals surface area contributed by atoms with Gasteiger partial charge in [-0.1, -0.05) is 6.07 Å². The zero-order valence-corrected chi connectivity index (χ0v) is 19.1. The van der Waals surface area contributed by atoms with Gasteiger partial charge < -0.3 is 14.6 Å². The van der Waals surface area contributed by atoms with Gasteiger partial charge in [-0.15, -0.1) is 0 Å². The third-order valence-electron chi connectivity index (χ3n) is 6.30. The predicted octanol–water partition coefficient (Wildman–Crippen LogP) is 3.20. The van der Waals surface area contributed by atoms with E-state index in [-0.39, 0.29) is 11.8 Å². The molecule has 0 bridgehead atoms. The number of anilines is 1. The summed E-state index contributed by atoms with van der Waals surface area (Å²) in [5, 5.41) is 6.88. The van der Waals surface area contributed by atoms with Crippen molar-refractivity contribution in [2.45, 2.75) is 25.7 Å². The molecule has 4 heterocycles. The van der Waals surface area contributed by atoms with Crippen LogP contribution < -0.4 is 5.32 Å². The summed E-state index contributed by atoms with van der Waals surface area (Å²) in [5.74, 6) is 0.227. The molecule has 9 heteroatoms. The number of nitrogens with zero attached hydrogens (tertiary/aromatic N) is 6. The Morgan fingerprint density at radius 2 is 2.00 bits per heavy atom. The minimum absolute atomic E-state index is 0.00362. The molecule has 0 unspecified atom stereocenters. The molecule has 174 valence electrons. The van der Waals surface area contributed by atoms with E-state index in [0.29, 0.717) is 29.3 Å². The Morgan fingerprint density at radius 3 is 2.85 bits per heavy atom. The highest BCUT2D eigenvalue weighted by molar-refractivity contribution is 6.04. The number of carbonyl (C=O) groups is 2. The number of carbonyl (C=O) groups excluding carboxylic acids is 2. The van der Waals surface area contributed by atoms with Crippen LogP contribution in [0.25, 0.3) is 5.65 Å². The predicted molar refractivity (Wildman–Crippen MR) is 128 cm³/mol. The molecule has 34 heavy (non-hydrogen) atoms. The maximum absolute atomic E-state index is 13.2.